The van der Waals surface area contributed by atoms with Crippen LogP contribution in [0.1, 0.15) is 19.3 Å². The van der Waals surface area contributed by atoms with Crippen molar-refractivity contribution >= 4 is 25.2 Å². The highest BCUT2D eigenvalue weighted by Gasteiger charge is 2.39. The topological polar surface area (TPSA) is 95.8 Å². The Morgan fingerprint density at radius 1 is 0.585 bits per heavy atom. The van der Waals surface area contributed by atoms with E-state index in [4.69, 9.17) is 27.2 Å². The number of para-hydroxylation sites is 2. The van der Waals surface area contributed by atoms with Gasteiger partial charge in [0, 0.05) is 6.61 Å². The van der Waals surface area contributed by atoms with Crippen molar-refractivity contribution in [1.29, 1.82) is 0 Å². The summed E-state index contributed by atoms with van der Waals surface area (Å²) in [5.41, 5.74) is 0. The van der Waals surface area contributed by atoms with Crippen LogP contribution in [0.3, 0.4) is 0 Å². The highest BCUT2D eigenvalue weighted by molar-refractivity contribution is 6.87. The molecule has 0 amide bonds. The van der Waals surface area contributed by atoms with Crippen LogP contribution in [-0.2, 0) is 17.7 Å². The molecule has 0 aliphatic rings. The fourth-order valence-electron chi connectivity index (χ4n) is 4.54. The van der Waals surface area contributed by atoms with E-state index in [0.717, 1.165) is 36.8 Å². The van der Waals surface area contributed by atoms with E-state index in [1.54, 1.807) is 0 Å². The number of aliphatic hydroxyl groups is 2. The maximum absolute atomic E-state index is 10.2. The van der Waals surface area contributed by atoms with E-state index in [0.29, 0.717) is 12.8 Å². The van der Waals surface area contributed by atoms with Crippen molar-refractivity contribution in [3.8, 4) is 11.5 Å². The third-order valence-electron chi connectivity index (χ3n) is 6.05. The van der Waals surface area contributed by atoms with Gasteiger partial charge in [0.15, 0.2) is 8.32 Å². The van der Waals surface area contributed by atoms with Gasteiger partial charge in [-0.15, -0.1) is 0 Å². The van der Waals surface area contributed by atoms with E-state index in [1.807, 2.05) is 60.7 Å². The van der Waals surface area contributed by atoms with Gasteiger partial charge in [-0.2, -0.15) is 0 Å². The summed E-state index contributed by atoms with van der Waals surface area (Å²) in [6.07, 6.45) is 2.25. The number of ether oxygens (including phenoxy) is 4. The van der Waals surface area contributed by atoms with Crippen molar-refractivity contribution < 1.29 is 37.4 Å². The maximum Gasteiger partial charge on any atom is 0.311 e. The lowest BCUT2D eigenvalue weighted by Gasteiger charge is -2.38. The van der Waals surface area contributed by atoms with E-state index in [9.17, 15) is 10.2 Å². The van der Waals surface area contributed by atoms with Gasteiger partial charge >= 0.3 is 8.56 Å². The summed E-state index contributed by atoms with van der Waals surface area (Å²) in [4.78, 5) is 0. The highest BCUT2D eigenvalue weighted by Crippen LogP contribution is 2.25. The third-order valence-corrected chi connectivity index (χ3v) is 16.9. The van der Waals surface area contributed by atoms with Crippen LogP contribution >= 0.6 is 0 Å². The van der Waals surface area contributed by atoms with Crippen LogP contribution in [0.4, 0.5) is 0 Å². The van der Waals surface area contributed by atoms with Gasteiger partial charge in [-0.1, -0.05) is 49.2 Å². The molecule has 0 aromatic heterocycles. The quantitative estimate of drug-likeness (QED) is 0.126. The Labute approximate surface area is 250 Å². The first kappa shape index (κ1) is 35.6. The van der Waals surface area contributed by atoms with E-state index in [1.165, 1.54) is 0 Å². The molecule has 232 valence electrons. The fraction of sp³-hybridized carbons (Fsp3) is 0.600. The second-order valence-electron chi connectivity index (χ2n) is 12.1. The zero-order chi connectivity index (χ0) is 30.2. The number of hydrogen-bond donors (Lipinski definition) is 2. The first-order valence-electron chi connectivity index (χ1n) is 14.6. The van der Waals surface area contributed by atoms with Crippen molar-refractivity contribution in [3.63, 3.8) is 0 Å². The third kappa shape index (κ3) is 17.2. The Morgan fingerprint density at radius 3 is 1.61 bits per heavy atom. The van der Waals surface area contributed by atoms with E-state index < -0.39 is 37.4 Å². The molecule has 41 heavy (non-hydrogen) atoms. The van der Waals surface area contributed by atoms with Crippen molar-refractivity contribution in [2.45, 2.75) is 76.8 Å². The highest BCUT2D eigenvalue weighted by atomic mass is 28.5. The average Bonchev–Trinajstić information content (AvgIpc) is 2.90. The van der Waals surface area contributed by atoms with Crippen LogP contribution < -0.4 is 9.47 Å². The molecule has 0 fully saturated rings. The van der Waals surface area contributed by atoms with Gasteiger partial charge in [-0.05, 0) is 76.0 Å². The molecule has 2 aromatic rings. The molecular weight excluding hydrogens is 573 g/mol. The zero-order valence-electron chi connectivity index (χ0n) is 25.8. The summed E-state index contributed by atoms with van der Waals surface area (Å²) in [5.74, 6) is 1.48. The average molecular weight is 625 g/mol. The normalized spacial score (nSPS) is 14.0. The lowest BCUT2D eigenvalue weighted by Crippen LogP contribution is -2.54. The maximum atomic E-state index is 10.2. The molecule has 0 bridgehead atoms. The van der Waals surface area contributed by atoms with Gasteiger partial charge in [-0.3, -0.25) is 0 Å². The first-order valence-corrected chi connectivity index (χ1v) is 23.7. The van der Waals surface area contributed by atoms with E-state index in [2.05, 4.69) is 39.3 Å². The molecule has 0 spiro atoms. The van der Waals surface area contributed by atoms with E-state index >= 15 is 0 Å². The smallest absolute Gasteiger partial charge is 0.311 e. The number of benzene rings is 2. The van der Waals surface area contributed by atoms with Crippen molar-refractivity contribution in [3.05, 3.63) is 60.7 Å². The monoisotopic (exact) mass is 624 g/mol. The second kappa shape index (κ2) is 18.2. The van der Waals surface area contributed by atoms with Crippen molar-refractivity contribution in [2.75, 3.05) is 39.3 Å². The Kier molecular flexibility index (Phi) is 15.8. The molecular formula is C30H52O8Si3. The van der Waals surface area contributed by atoms with Gasteiger partial charge in [-0.25, -0.2) is 0 Å². The van der Waals surface area contributed by atoms with Crippen molar-refractivity contribution in [2.24, 2.45) is 0 Å². The fourth-order valence-corrected chi connectivity index (χ4v) is 18.1. The van der Waals surface area contributed by atoms with Crippen LogP contribution in [0.15, 0.2) is 60.7 Å². The number of hydrogen-bond acceptors (Lipinski definition) is 8. The van der Waals surface area contributed by atoms with E-state index in [-0.39, 0.29) is 26.4 Å². The molecule has 2 rings (SSSR count). The Balaban J connectivity index is 1.56. The molecule has 2 unspecified atom stereocenters. The Morgan fingerprint density at radius 2 is 1.07 bits per heavy atom. The molecule has 0 aliphatic carbocycles. The zero-order valence-corrected chi connectivity index (χ0v) is 28.8. The van der Waals surface area contributed by atoms with Gasteiger partial charge in [0.1, 0.15) is 36.9 Å². The van der Waals surface area contributed by atoms with Crippen LogP contribution in [0.25, 0.3) is 0 Å². The molecule has 0 radical (unpaired) electrons. The Hall–Kier alpha value is -1.55. The van der Waals surface area contributed by atoms with Crippen LogP contribution in [0.5, 0.6) is 11.5 Å². The molecule has 0 saturated heterocycles. The molecule has 2 N–H and O–H groups in total. The molecule has 11 heteroatoms. The molecule has 0 aliphatic heterocycles. The van der Waals surface area contributed by atoms with Crippen LogP contribution in [0, 0.1) is 0 Å². The minimum absolute atomic E-state index is 0.188. The molecule has 0 heterocycles. The minimum Gasteiger partial charge on any atom is -0.491 e. The van der Waals surface area contributed by atoms with Gasteiger partial charge in [0.25, 0.3) is 0 Å². The predicted molar refractivity (Wildman–Crippen MR) is 171 cm³/mol. The summed E-state index contributed by atoms with van der Waals surface area (Å²) in [7, 11) is -6.38. The molecule has 2 atom stereocenters. The van der Waals surface area contributed by atoms with Crippen molar-refractivity contribution in [1.82, 2.24) is 0 Å². The van der Waals surface area contributed by atoms with Gasteiger partial charge in [0.05, 0.1) is 19.4 Å². The summed E-state index contributed by atoms with van der Waals surface area (Å²) < 4.78 is 35.9. The molecule has 8 nitrogen and oxygen atoms in total. The molecule has 0 saturated carbocycles. The standard InChI is InChI=1S/C30H52O8Si3/c1-39(2,21-15-9-14-20-33-22-27(31)24-35-29-16-10-7-11-17-29)37-41(5,6)38-40(3,4)26-34-23-28(32)25-36-30-18-12-8-13-19-30/h7-8,10-13,16-19,27-28,31-32H,9,14-15,20-26H2,1-6H3. The number of aliphatic hydroxyl groups excluding tert-OH is 2. The predicted octanol–water partition coefficient (Wildman–Crippen LogP) is 5.75. The second-order valence-corrected chi connectivity index (χ2v) is 24.3. The summed E-state index contributed by atoms with van der Waals surface area (Å²) in [5, 5.41) is 20.3. The summed E-state index contributed by atoms with van der Waals surface area (Å²) in [6, 6.07) is 20.0. The lowest BCUT2D eigenvalue weighted by molar-refractivity contribution is 0.0110. The number of rotatable bonds is 22. The SMILES string of the molecule is C[Si](C)(CCCCCOCC(O)COc1ccccc1)O[Si](C)(C)O[Si](C)(C)COCC(O)COc1ccccc1. The summed E-state index contributed by atoms with van der Waals surface area (Å²) >= 11 is 0. The van der Waals surface area contributed by atoms with Gasteiger partial charge < -0.3 is 37.4 Å². The van der Waals surface area contributed by atoms with Crippen LogP contribution in [0.2, 0.25) is 45.3 Å². The van der Waals surface area contributed by atoms with Crippen LogP contribution in [-0.4, -0.2) is 86.9 Å². The lowest BCUT2D eigenvalue weighted by atomic mass is 10.3. The van der Waals surface area contributed by atoms with Gasteiger partial charge in [0.2, 0.25) is 8.32 Å². The minimum atomic E-state index is -2.35. The molecule has 2 aromatic carbocycles. The largest absolute Gasteiger partial charge is 0.491 e. The first-order chi connectivity index (χ1) is 19.4. The summed E-state index contributed by atoms with van der Waals surface area (Å²) in [6.45, 7) is 14.6. The number of unbranched alkanes of at least 4 members (excludes halogenated alkanes) is 2. The Bertz CT molecular complexity index is 947.